The predicted octanol–water partition coefficient (Wildman–Crippen LogP) is 4.85. The Hall–Kier alpha value is -1.51. The lowest BCUT2D eigenvalue weighted by atomic mass is 10.1. The highest BCUT2D eigenvalue weighted by Gasteiger charge is 2.05. The fourth-order valence-corrected chi connectivity index (χ4v) is 2.11. The van der Waals surface area contributed by atoms with E-state index in [2.05, 4.69) is 6.92 Å². The zero-order valence-electron chi connectivity index (χ0n) is 11.2. The third-order valence-electron chi connectivity index (χ3n) is 3.06. The quantitative estimate of drug-likeness (QED) is 0.866. The summed E-state index contributed by atoms with van der Waals surface area (Å²) in [5.41, 5.74) is 8.20. The zero-order valence-corrected chi connectivity index (χ0v) is 11.9. The monoisotopic (exact) mass is 275 g/mol. The number of halogens is 1. The summed E-state index contributed by atoms with van der Waals surface area (Å²) in [5, 5.41) is 0.620. The Labute approximate surface area is 119 Å². The molecule has 1 atom stereocenters. The molecule has 2 aromatic rings. The number of rotatable bonds is 4. The van der Waals surface area contributed by atoms with Gasteiger partial charge in [-0.2, -0.15) is 0 Å². The lowest BCUT2D eigenvalue weighted by molar-refractivity contribution is 0.482. The van der Waals surface area contributed by atoms with Gasteiger partial charge < -0.3 is 10.5 Å². The van der Waals surface area contributed by atoms with Gasteiger partial charge in [0.15, 0.2) is 0 Å². The molecule has 19 heavy (non-hydrogen) atoms. The molecule has 3 heteroatoms. The molecule has 0 radical (unpaired) electrons. The number of ether oxygens (including phenoxy) is 1. The minimum Gasteiger partial charge on any atom is -0.456 e. The van der Waals surface area contributed by atoms with Crippen LogP contribution in [0.2, 0.25) is 5.02 Å². The highest BCUT2D eigenvalue weighted by atomic mass is 35.5. The summed E-state index contributed by atoms with van der Waals surface area (Å²) in [6, 6.07) is 13.6. The van der Waals surface area contributed by atoms with Gasteiger partial charge in [-0.1, -0.05) is 36.7 Å². The summed E-state index contributed by atoms with van der Waals surface area (Å²) >= 11 is 6.14. The molecule has 0 unspecified atom stereocenters. The number of hydrogen-bond donors (Lipinski definition) is 1. The molecule has 2 N–H and O–H groups in total. The summed E-state index contributed by atoms with van der Waals surface area (Å²) in [6.45, 7) is 4.07. The Balaban J connectivity index is 2.15. The van der Waals surface area contributed by atoms with E-state index in [9.17, 15) is 0 Å². The number of benzene rings is 2. The van der Waals surface area contributed by atoms with Crippen LogP contribution in [0, 0.1) is 6.92 Å². The van der Waals surface area contributed by atoms with Gasteiger partial charge in [-0.05, 0) is 48.7 Å². The second-order valence-corrected chi connectivity index (χ2v) is 5.03. The largest absolute Gasteiger partial charge is 0.456 e. The van der Waals surface area contributed by atoms with E-state index in [1.807, 2.05) is 49.4 Å². The standard InChI is InChI=1S/C16H18ClNO/c1-3-15(18)12-5-7-13(8-6-12)19-16-9-4-11(2)10-14(16)17/h4-10,15H,3,18H2,1-2H3/t15-/m0/s1. The maximum atomic E-state index is 6.14. The Morgan fingerprint density at radius 3 is 2.42 bits per heavy atom. The van der Waals surface area contributed by atoms with Gasteiger partial charge in [-0.25, -0.2) is 0 Å². The van der Waals surface area contributed by atoms with Gasteiger partial charge in [-0.3, -0.25) is 0 Å². The molecule has 0 aliphatic heterocycles. The van der Waals surface area contributed by atoms with Crippen molar-refractivity contribution in [1.82, 2.24) is 0 Å². The first-order valence-corrected chi connectivity index (χ1v) is 6.77. The molecule has 0 saturated heterocycles. The van der Waals surface area contributed by atoms with Gasteiger partial charge in [-0.15, -0.1) is 0 Å². The average Bonchev–Trinajstić information content (AvgIpc) is 2.42. The van der Waals surface area contributed by atoms with Crippen LogP contribution in [-0.2, 0) is 0 Å². The third kappa shape index (κ3) is 3.49. The van der Waals surface area contributed by atoms with Crippen LogP contribution in [0.25, 0.3) is 0 Å². The van der Waals surface area contributed by atoms with Crippen LogP contribution < -0.4 is 10.5 Å². The fraction of sp³-hybridized carbons (Fsp3) is 0.250. The van der Waals surface area contributed by atoms with E-state index in [4.69, 9.17) is 22.1 Å². The Morgan fingerprint density at radius 1 is 1.16 bits per heavy atom. The van der Waals surface area contributed by atoms with E-state index >= 15 is 0 Å². The van der Waals surface area contributed by atoms with Crippen LogP contribution >= 0.6 is 11.6 Å². The van der Waals surface area contributed by atoms with Gasteiger partial charge in [0.25, 0.3) is 0 Å². The summed E-state index contributed by atoms with van der Waals surface area (Å²) in [4.78, 5) is 0. The van der Waals surface area contributed by atoms with Crippen LogP contribution in [0.15, 0.2) is 42.5 Å². The van der Waals surface area contributed by atoms with Crippen molar-refractivity contribution >= 4 is 11.6 Å². The summed E-state index contributed by atoms with van der Waals surface area (Å²) in [6.07, 6.45) is 0.921. The molecule has 2 rings (SSSR count). The van der Waals surface area contributed by atoms with Crippen molar-refractivity contribution in [3.05, 3.63) is 58.6 Å². The van der Waals surface area contributed by atoms with Crippen LogP contribution in [0.1, 0.15) is 30.5 Å². The van der Waals surface area contributed by atoms with Crippen molar-refractivity contribution in [2.45, 2.75) is 26.3 Å². The van der Waals surface area contributed by atoms with Crippen LogP contribution in [-0.4, -0.2) is 0 Å². The molecule has 2 aromatic carbocycles. The molecular formula is C16H18ClNO. The molecule has 100 valence electrons. The molecule has 2 nitrogen and oxygen atoms in total. The maximum absolute atomic E-state index is 6.14. The first-order chi connectivity index (χ1) is 9.10. The minimum atomic E-state index is 0.0806. The highest BCUT2D eigenvalue weighted by Crippen LogP contribution is 2.30. The fourth-order valence-electron chi connectivity index (χ4n) is 1.83. The number of nitrogens with two attached hydrogens (primary N) is 1. The predicted molar refractivity (Wildman–Crippen MR) is 79.9 cm³/mol. The van der Waals surface area contributed by atoms with Crippen LogP contribution in [0.4, 0.5) is 0 Å². The van der Waals surface area contributed by atoms with Gasteiger partial charge >= 0.3 is 0 Å². The Kier molecular flexibility index (Phi) is 4.46. The molecule has 0 amide bonds. The Morgan fingerprint density at radius 2 is 1.84 bits per heavy atom. The van der Waals surface area contributed by atoms with Crippen molar-refractivity contribution in [1.29, 1.82) is 0 Å². The van der Waals surface area contributed by atoms with Gasteiger partial charge in [0, 0.05) is 6.04 Å². The smallest absolute Gasteiger partial charge is 0.146 e. The zero-order chi connectivity index (χ0) is 13.8. The van der Waals surface area contributed by atoms with Crippen molar-refractivity contribution < 1.29 is 4.74 Å². The topological polar surface area (TPSA) is 35.2 Å². The molecule has 0 spiro atoms. The summed E-state index contributed by atoms with van der Waals surface area (Å²) < 4.78 is 5.76. The first-order valence-electron chi connectivity index (χ1n) is 6.39. The lowest BCUT2D eigenvalue weighted by Gasteiger charge is -2.11. The second kappa shape index (κ2) is 6.09. The van der Waals surface area contributed by atoms with E-state index in [0.717, 1.165) is 23.3 Å². The highest BCUT2D eigenvalue weighted by molar-refractivity contribution is 6.32. The third-order valence-corrected chi connectivity index (χ3v) is 3.36. The van der Waals surface area contributed by atoms with Crippen LogP contribution in [0.3, 0.4) is 0 Å². The van der Waals surface area contributed by atoms with E-state index < -0.39 is 0 Å². The van der Waals surface area contributed by atoms with E-state index in [1.54, 1.807) is 0 Å². The molecule has 0 saturated carbocycles. The average molecular weight is 276 g/mol. The second-order valence-electron chi connectivity index (χ2n) is 4.62. The van der Waals surface area contributed by atoms with Crippen molar-refractivity contribution in [3.8, 4) is 11.5 Å². The van der Waals surface area contributed by atoms with Crippen molar-refractivity contribution in [2.24, 2.45) is 5.73 Å². The Bertz CT molecular complexity index is 551. The molecule has 0 fully saturated rings. The van der Waals surface area contributed by atoms with E-state index in [1.165, 1.54) is 0 Å². The number of aryl methyl sites for hydroxylation is 1. The van der Waals surface area contributed by atoms with Crippen molar-refractivity contribution in [3.63, 3.8) is 0 Å². The molecular weight excluding hydrogens is 258 g/mol. The van der Waals surface area contributed by atoms with Gasteiger partial charge in [0.05, 0.1) is 5.02 Å². The molecule has 0 aromatic heterocycles. The van der Waals surface area contributed by atoms with Crippen molar-refractivity contribution in [2.75, 3.05) is 0 Å². The maximum Gasteiger partial charge on any atom is 0.146 e. The van der Waals surface area contributed by atoms with E-state index in [-0.39, 0.29) is 6.04 Å². The SMILES string of the molecule is CC[C@H](N)c1ccc(Oc2ccc(C)cc2Cl)cc1. The summed E-state index contributed by atoms with van der Waals surface area (Å²) in [5.74, 6) is 1.43. The molecule has 0 bridgehead atoms. The molecule has 0 aliphatic carbocycles. The first kappa shape index (κ1) is 13.9. The lowest BCUT2D eigenvalue weighted by Crippen LogP contribution is -2.07. The molecule has 0 heterocycles. The minimum absolute atomic E-state index is 0.0806. The summed E-state index contributed by atoms with van der Waals surface area (Å²) in [7, 11) is 0. The van der Waals surface area contributed by atoms with Gasteiger partial charge in [0.2, 0.25) is 0 Å². The van der Waals surface area contributed by atoms with Crippen LogP contribution in [0.5, 0.6) is 11.5 Å². The van der Waals surface area contributed by atoms with E-state index in [0.29, 0.717) is 10.8 Å². The van der Waals surface area contributed by atoms with Gasteiger partial charge in [0.1, 0.15) is 11.5 Å². The molecule has 0 aliphatic rings. The number of hydrogen-bond acceptors (Lipinski definition) is 2. The normalized spacial score (nSPS) is 12.2.